The van der Waals surface area contributed by atoms with Gasteiger partial charge in [-0.3, -0.25) is 0 Å². The summed E-state index contributed by atoms with van der Waals surface area (Å²) < 4.78 is 11.1. The Bertz CT molecular complexity index is 1220. The average molecular weight is 432 g/mol. The molecule has 1 aliphatic heterocycles. The van der Waals surface area contributed by atoms with Crippen molar-refractivity contribution in [3.05, 3.63) is 59.3 Å². The second kappa shape index (κ2) is 8.26. The van der Waals surface area contributed by atoms with E-state index in [1.165, 1.54) is 0 Å². The highest BCUT2D eigenvalue weighted by Crippen LogP contribution is 2.34. The second-order valence-electron chi connectivity index (χ2n) is 9.19. The maximum atomic E-state index is 12.4. The maximum absolute atomic E-state index is 12.4. The van der Waals surface area contributed by atoms with E-state index in [2.05, 4.69) is 19.9 Å². The van der Waals surface area contributed by atoms with Crippen LogP contribution in [-0.4, -0.2) is 46.8 Å². The third-order valence-corrected chi connectivity index (χ3v) is 5.37. The molecule has 166 valence electrons. The zero-order chi connectivity index (χ0) is 23.0. The lowest BCUT2D eigenvalue weighted by Crippen LogP contribution is -2.35. The smallest absolute Gasteiger partial charge is 0.410 e. The molecule has 6 nitrogen and oxygen atoms in total. The van der Waals surface area contributed by atoms with Crippen LogP contribution < -0.4 is 4.74 Å². The fraction of sp³-hybridized carbons (Fsp3) is 0.346. The SMILES string of the molecule is COc1cc(C)cc(C)c1-c1ccc2ccc(C3=CCN(C(=O)OC(C)(C)C)C3)nc2n1. The third-order valence-electron chi connectivity index (χ3n) is 5.37. The number of fused-ring (bicyclic) bond motifs is 1. The summed E-state index contributed by atoms with van der Waals surface area (Å²) in [7, 11) is 1.68. The zero-order valence-electron chi connectivity index (χ0n) is 19.5. The Morgan fingerprint density at radius 3 is 2.41 bits per heavy atom. The molecule has 0 spiro atoms. The minimum Gasteiger partial charge on any atom is -0.496 e. The van der Waals surface area contributed by atoms with Gasteiger partial charge in [-0.25, -0.2) is 14.8 Å². The second-order valence-corrected chi connectivity index (χ2v) is 9.19. The Balaban J connectivity index is 1.64. The number of hydrogen-bond acceptors (Lipinski definition) is 5. The van der Waals surface area contributed by atoms with Crippen molar-refractivity contribution in [1.82, 2.24) is 14.9 Å². The first-order valence-electron chi connectivity index (χ1n) is 10.8. The highest BCUT2D eigenvalue weighted by Gasteiger charge is 2.26. The zero-order valence-corrected chi connectivity index (χ0v) is 19.5. The summed E-state index contributed by atoms with van der Waals surface area (Å²) in [5.41, 5.74) is 6.02. The normalized spacial score (nSPS) is 13.9. The van der Waals surface area contributed by atoms with Crippen LogP contribution in [-0.2, 0) is 4.74 Å². The number of methoxy groups -OCH3 is 1. The standard InChI is InChI=1S/C26H29N3O3/c1-16-13-17(2)23(22(14-16)31-6)21-10-8-18-7-9-20(27-24(18)28-21)19-11-12-29(15-19)25(30)32-26(3,4)5/h7-11,13-14H,12,15H2,1-6H3. The molecular weight excluding hydrogens is 402 g/mol. The van der Waals surface area contributed by atoms with Crippen molar-refractivity contribution in [3.63, 3.8) is 0 Å². The summed E-state index contributed by atoms with van der Waals surface area (Å²) in [6, 6.07) is 12.2. The maximum Gasteiger partial charge on any atom is 0.410 e. The average Bonchev–Trinajstić information content (AvgIpc) is 3.21. The molecular formula is C26H29N3O3. The van der Waals surface area contributed by atoms with Crippen molar-refractivity contribution >= 4 is 22.7 Å². The summed E-state index contributed by atoms with van der Waals surface area (Å²) in [6.45, 7) is 10.7. The first kappa shape index (κ1) is 21.8. The molecule has 0 saturated carbocycles. The molecule has 6 heteroatoms. The molecule has 3 aromatic rings. The first-order chi connectivity index (χ1) is 15.1. The Morgan fingerprint density at radius 1 is 1.03 bits per heavy atom. The highest BCUT2D eigenvalue weighted by molar-refractivity contribution is 5.83. The predicted octanol–water partition coefficient (Wildman–Crippen LogP) is 5.56. The van der Waals surface area contributed by atoms with Gasteiger partial charge in [-0.05, 0) is 81.7 Å². The van der Waals surface area contributed by atoms with Crippen LogP contribution in [0.1, 0.15) is 37.6 Å². The van der Waals surface area contributed by atoms with Crippen LogP contribution >= 0.6 is 0 Å². The van der Waals surface area contributed by atoms with Gasteiger partial charge in [-0.1, -0.05) is 12.1 Å². The molecule has 0 saturated heterocycles. The minimum absolute atomic E-state index is 0.313. The van der Waals surface area contributed by atoms with E-state index < -0.39 is 5.60 Å². The molecule has 1 aromatic carbocycles. The molecule has 1 amide bonds. The number of nitrogens with zero attached hydrogens (tertiary/aromatic N) is 3. The fourth-order valence-electron chi connectivity index (χ4n) is 3.94. The summed E-state index contributed by atoms with van der Waals surface area (Å²) >= 11 is 0. The third kappa shape index (κ3) is 4.44. The quantitative estimate of drug-likeness (QED) is 0.543. The number of hydrogen-bond donors (Lipinski definition) is 0. The van der Waals surface area contributed by atoms with Crippen LogP contribution in [0.3, 0.4) is 0 Å². The molecule has 1 aliphatic rings. The molecule has 4 rings (SSSR count). The van der Waals surface area contributed by atoms with Gasteiger partial charge >= 0.3 is 6.09 Å². The molecule has 0 unspecified atom stereocenters. The summed E-state index contributed by atoms with van der Waals surface area (Å²) in [6.07, 6.45) is 1.71. The van der Waals surface area contributed by atoms with E-state index in [0.29, 0.717) is 18.7 Å². The number of carbonyl (C=O) groups is 1. The van der Waals surface area contributed by atoms with Crippen molar-refractivity contribution in [3.8, 4) is 17.0 Å². The van der Waals surface area contributed by atoms with Crippen molar-refractivity contribution in [2.45, 2.75) is 40.2 Å². The number of rotatable bonds is 3. The number of pyridine rings is 2. The van der Waals surface area contributed by atoms with Crippen LogP contribution in [0.25, 0.3) is 27.9 Å². The molecule has 0 N–H and O–H groups in total. The first-order valence-corrected chi connectivity index (χ1v) is 10.8. The van der Waals surface area contributed by atoms with Gasteiger partial charge in [-0.15, -0.1) is 0 Å². The van der Waals surface area contributed by atoms with Gasteiger partial charge in [0.15, 0.2) is 5.65 Å². The summed E-state index contributed by atoms with van der Waals surface area (Å²) in [5.74, 6) is 0.803. The van der Waals surface area contributed by atoms with E-state index in [4.69, 9.17) is 19.4 Å². The molecule has 0 aliphatic carbocycles. The lowest BCUT2D eigenvalue weighted by Gasteiger charge is -2.24. The number of benzene rings is 1. The van der Waals surface area contributed by atoms with Crippen LogP contribution in [0.5, 0.6) is 5.75 Å². The van der Waals surface area contributed by atoms with Crippen LogP contribution in [0.15, 0.2) is 42.5 Å². The number of amides is 1. The Hall–Kier alpha value is -3.41. The van der Waals surface area contributed by atoms with Crippen LogP contribution in [0.2, 0.25) is 0 Å². The Morgan fingerprint density at radius 2 is 1.72 bits per heavy atom. The molecule has 0 fully saturated rings. The molecule has 3 heterocycles. The van der Waals surface area contributed by atoms with Gasteiger partial charge in [0.25, 0.3) is 0 Å². The van der Waals surface area contributed by atoms with Crippen molar-refractivity contribution < 1.29 is 14.3 Å². The van der Waals surface area contributed by atoms with Gasteiger partial charge < -0.3 is 14.4 Å². The van der Waals surface area contributed by atoms with E-state index in [1.807, 2.05) is 57.2 Å². The van der Waals surface area contributed by atoms with E-state index in [0.717, 1.165) is 44.8 Å². The Labute approximate surface area is 188 Å². The summed E-state index contributed by atoms with van der Waals surface area (Å²) in [5, 5.41) is 0.962. The highest BCUT2D eigenvalue weighted by atomic mass is 16.6. The van der Waals surface area contributed by atoms with E-state index in [9.17, 15) is 4.79 Å². The van der Waals surface area contributed by atoms with Crippen molar-refractivity contribution in [2.75, 3.05) is 20.2 Å². The summed E-state index contributed by atoms with van der Waals surface area (Å²) in [4.78, 5) is 23.7. The van der Waals surface area contributed by atoms with Crippen molar-refractivity contribution in [2.24, 2.45) is 0 Å². The van der Waals surface area contributed by atoms with E-state index in [1.54, 1.807) is 12.0 Å². The van der Waals surface area contributed by atoms with E-state index in [-0.39, 0.29) is 6.09 Å². The molecule has 0 radical (unpaired) electrons. The van der Waals surface area contributed by atoms with Gasteiger partial charge in [0.2, 0.25) is 0 Å². The number of ether oxygens (including phenoxy) is 2. The number of aromatic nitrogens is 2. The lowest BCUT2D eigenvalue weighted by atomic mass is 10.0. The van der Waals surface area contributed by atoms with Gasteiger partial charge in [0, 0.05) is 17.5 Å². The predicted molar refractivity (Wildman–Crippen MR) is 127 cm³/mol. The topological polar surface area (TPSA) is 64.5 Å². The van der Waals surface area contributed by atoms with Gasteiger partial charge in [0.1, 0.15) is 11.4 Å². The largest absolute Gasteiger partial charge is 0.496 e. The van der Waals surface area contributed by atoms with E-state index >= 15 is 0 Å². The number of carbonyl (C=O) groups excluding carboxylic acids is 1. The lowest BCUT2D eigenvalue weighted by molar-refractivity contribution is 0.0306. The van der Waals surface area contributed by atoms with Crippen LogP contribution in [0.4, 0.5) is 4.79 Å². The fourth-order valence-corrected chi connectivity index (χ4v) is 3.94. The molecule has 32 heavy (non-hydrogen) atoms. The number of aryl methyl sites for hydroxylation is 2. The van der Waals surface area contributed by atoms with Gasteiger partial charge in [0.05, 0.1) is 25.0 Å². The van der Waals surface area contributed by atoms with Crippen molar-refractivity contribution in [1.29, 1.82) is 0 Å². The Kier molecular flexibility index (Phi) is 5.63. The van der Waals surface area contributed by atoms with Crippen LogP contribution in [0, 0.1) is 13.8 Å². The minimum atomic E-state index is -0.517. The monoisotopic (exact) mass is 431 g/mol. The molecule has 2 aromatic heterocycles. The van der Waals surface area contributed by atoms with Gasteiger partial charge in [-0.2, -0.15) is 0 Å². The molecule has 0 bridgehead atoms. The molecule has 0 atom stereocenters.